The average molecular weight is 487 g/mol. The molecule has 9 heteroatoms. The van der Waals surface area contributed by atoms with Crippen molar-refractivity contribution in [1.82, 2.24) is 20.1 Å². The van der Waals surface area contributed by atoms with Gasteiger partial charge in [0.15, 0.2) is 11.3 Å². The first-order valence-electron chi connectivity index (χ1n) is 10.9. The van der Waals surface area contributed by atoms with Crippen molar-refractivity contribution in [3.05, 3.63) is 102 Å². The molecule has 5 aromatic rings. The smallest absolute Gasteiger partial charge is 0.287 e. The Morgan fingerprint density at radius 3 is 2.51 bits per heavy atom. The largest absolute Gasteiger partial charge is 0.449 e. The molecule has 35 heavy (non-hydrogen) atoms. The van der Waals surface area contributed by atoms with Gasteiger partial charge < -0.3 is 9.73 Å². The normalized spacial score (nSPS) is 11.6. The van der Waals surface area contributed by atoms with E-state index in [1.807, 2.05) is 26.0 Å². The van der Waals surface area contributed by atoms with Gasteiger partial charge in [0, 0.05) is 23.8 Å². The Labute approximate surface area is 202 Å². The van der Waals surface area contributed by atoms with Crippen molar-refractivity contribution >= 4 is 26.7 Å². The van der Waals surface area contributed by atoms with Crippen LogP contribution in [-0.4, -0.2) is 29.1 Å². The van der Waals surface area contributed by atoms with E-state index in [1.54, 1.807) is 71.7 Å². The van der Waals surface area contributed by atoms with Gasteiger partial charge in [0.25, 0.3) is 5.91 Å². The van der Waals surface area contributed by atoms with Gasteiger partial charge in [0.05, 0.1) is 27.4 Å². The quantitative estimate of drug-likeness (QED) is 0.381. The summed E-state index contributed by atoms with van der Waals surface area (Å²) in [6.07, 6.45) is 3.18. The number of aromatic nitrogens is 3. The summed E-state index contributed by atoms with van der Waals surface area (Å²) in [6, 6.07) is 18.5. The highest BCUT2D eigenvalue weighted by Gasteiger charge is 2.19. The third kappa shape index (κ3) is 4.45. The van der Waals surface area contributed by atoms with Gasteiger partial charge in [0.1, 0.15) is 0 Å². The molecule has 8 nitrogen and oxygen atoms in total. The van der Waals surface area contributed by atoms with E-state index in [1.165, 1.54) is 0 Å². The Morgan fingerprint density at radius 2 is 1.80 bits per heavy atom. The molecule has 0 saturated carbocycles. The number of furan rings is 1. The van der Waals surface area contributed by atoms with Crippen molar-refractivity contribution in [2.45, 2.75) is 30.2 Å². The van der Waals surface area contributed by atoms with Crippen LogP contribution >= 0.6 is 0 Å². The molecule has 0 radical (unpaired) electrons. The second-order valence-corrected chi connectivity index (χ2v) is 10.1. The van der Waals surface area contributed by atoms with Crippen LogP contribution in [0.1, 0.15) is 27.5 Å². The Kier molecular flexibility index (Phi) is 5.70. The molecule has 0 aliphatic heterocycles. The van der Waals surface area contributed by atoms with Gasteiger partial charge in [-0.1, -0.05) is 18.2 Å². The van der Waals surface area contributed by atoms with Gasteiger partial charge in [-0.05, 0) is 67.9 Å². The summed E-state index contributed by atoms with van der Waals surface area (Å²) in [5.74, 6) is -0.173. The number of aryl methyl sites for hydroxylation is 2. The Bertz CT molecular complexity index is 1620. The third-order valence-electron chi connectivity index (χ3n) is 5.62. The molecule has 3 heterocycles. The van der Waals surface area contributed by atoms with Gasteiger partial charge in [-0.2, -0.15) is 5.10 Å². The predicted molar refractivity (Wildman–Crippen MR) is 130 cm³/mol. The lowest BCUT2D eigenvalue weighted by atomic mass is 10.2. The first kappa shape index (κ1) is 22.5. The fourth-order valence-electron chi connectivity index (χ4n) is 3.86. The van der Waals surface area contributed by atoms with Crippen molar-refractivity contribution in [3.63, 3.8) is 0 Å². The summed E-state index contributed by atoms with van der Waals surface area (Å²) in [5, 5.41) is 8.01. The summed E-state index contributed by atoms with van der Waals surface area (Å²) >= 11 is 0. The number of hydrogen-bond donors (Lipinski definition) is 1. The number of carbonyl (C=O) groups is 1. The van der Waals surface area contributed by atoms with Crippen molar-refractivity contribution in [3.8, 4) is 5.69 Å². The van der Waals surface area contributed by atoms with Crippen LogP contribution < -0.4 is 5.32 Å². The van der Waals surface area contributed by atoms with Crippen LogP contribution in [0, 0.1) is 13.8 Å². The van der Waals surface area contributed by atoms with Crippen LogP contribution in [0.15, 0.2) is 93.3 Å². The van der Waals surface area contributed by atoms with E-state index < -0.39 is 9.84 Å². The first-order chi connectivity index (χ1) is 16.8. The van der Waals surface area contributed by atoms with E-state index in [0.29, 0.717) is 11.3 Å². The lowest BCUT2D eigenvalue weighted by molar-refractivity contribution is 0.0925. The van der Waals surface area contributed by atoms with Gasteiger partial charge in [-0.25, -0.2) is 13.1 Å². The lowest BCUT2D eigenvalue weighted by Crippen LogP contribution is -2.22. The molecule has 3 aromatic heterocycles. The van der Waals surface area contributed by atoms with Crippen molar-refractivity contribution in [2.75, 3.05) is 0 Å². The molecular formula is C26H22N4O4S. The molecular weight excluding hydrogens is 464 g/mol. The highest BCUT2D eigenvalue weighted by atomic mass is 32.2. The fourth-order valence-corrected chi connectivity index (χ4v) is 5.16. The van der Waals surface area contributed by atoms with Crippen molar-refractivity contribution in [1.29, 1.82) is 0 Å². The van der Waals surface area contributed by atoms with E-state index in [9.17, 15) is 13.2 Å². The SMILES string of the molecule is Cc1cc(C)n(-c2cccc(S(=O)(=O)c3ccc(CNC(=O)c4cc5ccncc5o4)cc3)c2)n1. The molecule has 0 aliphatic carbocycles. The van der Waals surface area contributed by atoms with Crippen LogP contribution in [0.5, 0.6) is 0 Å². The summed E-state index contributed by atoms with van der Waals surface area (Å²) in [7, 11) is -3.73. The third-order valence-corrected chi connectivity index (χ3v) is 7.38. The summed E-state index contributed by atoms with van der Waals surface area (Å²) in [6.45, 7) is 4.04. The number of carbonyl (C=O) groups excluding carboxylic acids is 1. The molecule has 0 bridgehead atoms. The monoisotopic (exact) mass is 486 g/mol. The molecule has 0 spiro atoms. The number of pyridine rings is 1. The van der Waals surface area contributed by atoms with E-state index in [-0.39, 0.29) is 28.0 Å². The zero-order chi connectivity index (χ0) is 24.6. The number of nitrogens with one attached hydrogen (secondary N) is 1. The number of nitrogens with zero attached hydrogens (tertiary/aromatic N) is 3. The Balaban J connectivity index is 1.31. The van der Waals surface area contributed by atoms with E-state index in [0.717, 1.165) is 22.3 Å². The number of sulfone groups is 1. The van der Waals surface area contributed by atoms with Gasteiger partial charge >= 0.3 is 0 Å². The first-order valence-corrected chi connectivity index (χ1v) is 12.4. The molecule has 176 valence electrons. The zero-order valence-corrected chi connectivity index (χ0v) is 19.9. The summed E-state index contributed by atoms with van der Waals surface area (Å²) < 4.78 is 33.7. The summed E-state index contributed by atoms with van der Waals surface area (Å²) in [4.78, 5) is 16.8. The van der Waals surface area contributed by atoms with Crippen LogP contribution in [0.25, 0.3) is 16.7 Å². The predicted octanol–water partition coefficient (Wildman–Crippen LogP) is 4.39. The van der Waals surface area contributed by atoms with Crippen LogP contribution in [0.4, 0.5) is 0 Å². The number of rotatable bonds is 6. The minimum absolute atomic E-state index is 0.169. The molecule has 0 unspecified atom stereocenters. The molecule has 0 atom stereocenters. The number of hydrogen-bond acceptors (Lipinski definition) is 6. The van der Waals surface area contributed by atoms with E-state index in [4.69, 9.17) is 4.42 Å². The molecule has 0 fully saturated rings. The molecule has 0 aliphatic rings. The minimum Gasteiger partial charge on any atom is -0.449 e. The van der Waals surface area contributed by atoms with Gasteiger partial charge in [-0.3, -0.25) is 9.78 Å². The lowest BCUT2D eigenvalue weighted by Gasteiger charge is -2.09. The minimum atomic E-state index is -3.73. The average Bonchev–Trinajstić information content (AvgIpc) is 3.45. The maximum Gasteiger partial charge on any atom is 0.287 e. The standard InChI is InChI=1S/C26H22N4O4S/c1-17-12-18(2)30(29-17)21-4-3-5-23(14-21)35(32,33)22-8-6-19(7-9-22)15-28-26(31)24-13-20-10-11-27-16-25(20)34-24/h3-14,16H,15H2,1-2H3,(H,28,31). The van der Waals surface area contributed by atoms with Crippen molar-refractivity contribution in [2.24, 2.45) is 0 Å². The van der Waals surface area contributed by atoms with Gasteiger partial charge in [0.2, 0.25) is 9.84 Å². The molecule has 0 saturated heterocycles. The van der Waals surface area contributed by atoms with E-state index in [2.05, 4.69) is 15.4 Å². The van der Waals surface area contributed by atoms with Crippen molar-refractivity contribution < 1.29 is 17.6 Å². The van der Waals surface area contributed by atoms with Crippen LogP contribution in [0.2, 0.25) is 0 Å². The second kappa shape index (κ2) is 8.84. The van der Waals surface area contributed by atoms with Crippen LogP contribution in [0.3, 0.4) is 0 Å². The fraction of sp³-hybridized carbons (Fsp3) is 0.115. The Morgan fingerprint density at radius 1 is 1.00 bits per heavy atom. The molecule has 5 rings (SSSR count). The number of fused-ring (bicyclic) bond motifs is 1. The molecule has 1 N–H and O–H groups in total. The number of amides is 1. The second-order valence-electron chi connectivity index (χ2n) is 8.19. The highest BCUT2D eigenvalue weighted by Crippen LogP contribution is 2.24. The maximum absolute atomic E-state index is 13.2. The molecule has 1 amide bonds. The summed E-state index contributed by atoms with van der Waals surface area (Å²) in [5.41, 5.74) is 3.75. The maximum atomic E-state index is 13.2. The van der Waals surface area contributed by atoms with Crippen LogP contribution in [-0.2, 0) is 16.4 Å². The highest BCUT2D eigenvalue weighted by molar-refractivity contribution is 7.91. The Hall–Kier alpha value is -4.24. The number of benzene rings is 2. The molecule has 2 aromatic carbocycles. The topological polar surface area (TPSA) is 107 Å². The van der Waals surface area contributed by atoms with E-state index >= 15 is 0 Å². The zero-order valence-electron chi connectivity index (χ0n) is 19.1. The van der Waals surface area contributed by atoms with Gasteiger partial charge in [-0.15, -0.1) is 0 Å².